The van der Waals surface area contributed by atoms with E-state index >= 15 is 0 Å². The van der Waals surface area contributed by atoms with Crippen molar-refractivity contribution in [1.82, 2.24) is 5.32 Å². The molecule has 1 N–H and O–H groups in total. The molecule has 0 aliphatic carbocycles. The van der Waals surface area contributed by atoms with Crippen molar-refractivity contribution >= 4 is 21.4 Å². The van der Waals surface area contributed by atoms with E-state index in [1.165, 1.54) is 21.7 Å². The highest BCUT2D eigenvalue weighted by molar-refractivity contribution is 7.17. The molecule has 0 aliphatic rings. The van der Waals surface area contributed by atoms with Gasteiger partial charge in [0.15, 0.2) is 0 Å². The van der Waals surface area contributed by atoms with Gasteiger partial charge < -0.3 is 5.32 Å². The number of hydrogen-bond acceptors (Lipinski definition) is 2. The zero-order valence-corrected chi connectivity index (χ0v) is 11.4. The van der Waals surface area contributed by atoms with Gasteiger partial charge in [-0.2, -0.15) is 0 Å². The van der Waals surface area contributed by atoms with Gasteiger partial charge in [-0.15, -0.1) is 11.3 Å². The minimum Gasteiger partial charge on any atom is -0.309 e. The highest BCUT2D eigenvalue weighted by Gasteiger charge is 2.15. The summed E-state index contributed by atoms with van der Waals surface area (Å²) in [6.45, 7) is 0. The van der Waals surface area contributed by atoms with Crippen LogP contribution in [0.4, 0.5) is 4.39 Å². The Morgan fingerprint density at radius 2 is 1.95 bits per heavy atom. The van der Waals surface area contributed by atoms with Gasteiger partial charge >= 0.3 is 0 Å². The number of fused-ring (bicyclic) bond motifs is 1. The van der Waals surface area contributed by atoms with Crippen LogP contribution in [0.25, 0.3) is 10.1 Å². The van der Waals surface area contributed by atoms with Crippen molar-refractivity contribution in [3.05, 3.63) is 70.9 Å². The minimum atomic E-state index is -0.198. The molecule has 0 saturated heterocycles. The summed E-state index contributed by atoms with van der Waals surface area (Å²) in [5.74, 6) is -0.198. The maximum absolute atomic E-state index is 13.4. The first-order valence-electron chi connectivity index (χ1n) is 6.18. The maximum atomic E-state index is 13.4. The Balaban J connectivity index is 2.14. The van der Waals surface area contributed by atoms with E-state index in [4.69, 9.17) is 0 Å². The van der Waals surface area contributed by atoms with Crippen LogP contribution in [-0.4, -0.2) is 7.05 Å². The third-order valence-corrected chi connectivity index (χ3v) is 4.27. The predicted molar refractivity (Wildman–Crippen MR) is 79.1 cm³/mol. The van der Waals surface area contributed by atoms with E-state index < -0.39 is 0 Å². The molecule has 0 spiro atoms. The van der Waals surface area contributed by atoms with Gasteiger partial charge in [0.2, 0.25) is 0 Å². The largest absolute Gasteiger partial charge is 0.309 e. The fourth-order valence-electron chi connectivity index (χ4n) is 2.43. The van der Waals surface area contributed by atoms with E-state index in [1.54, 1.807) is 23.5 Å². The van der Waals surface area contributed by atoms with E-state index in [0.29, 0.717) is 0 Å². The quantitative estimate of drug-likeness (QED) is 0.746. The summed E-state index contributed by atoms with van der Waals surface area (Å²) >= 11 is 1.72. The van der Waals surface area contributed by atoms with E-state index in [2.05, 4.69) is 28.9 Å². The topological polar surface area (TPSA) is 12.0 Å². The van der Waals surface area contributed by atoms with Gasteiger partial charge in [0.1, 0.15) is 5.82 Å². The smallest absolute Gasteiger partial charge is 0.123 e. The Labute approximate surface area is 115 Å². The molecule has 3 rings (SSSR count). The van der Waals surface area contributed by atoms with Crippen molar-refractivity contribution in [2.45, 2.75) is 6.04 Å². The van der Waals surface area contributed by atoms with Gasteiger partial charge in [-0.25, -0.2) is 4.39 Å². The number of nitrogens with one attached hydrogen (secondary N) is 1. The van der Waals surface area contributed by atoms with Gasteiger partial charge in [0.25, 0.3) is 0 Å². The van der Waals surface area contributed by atoms with Crippen LogP contribution >= 0.6 is 11.3 Å². The highest BCUT2D eigenvalue weighted by atomic mass is 32.1. The molecule has 1 atom stereocenters. The Hall–Kier alpha value is -1.71. The van der Waals surface area contributed by atoms with E-state index in [0.717, 1.165) is 5.56 Å². The zero-order valence-electron chi connectivity index (χ0n) is 10.6. The zero-order chi connectivity index (χ0) is 13.2. The first kappa shape index (κ1) is 12.3. The fraction of sp³-hybridized carbons (Fsp3) is 0.125. The maximum Gasteiger partial charge on any atom is 0.123 e. The SMILES string of the molecule is CNC(c1cccc(F)c1)c1cccc2ccsc12. The summed E-state index contributed by atoms with van der Waals surface area (Å²) in [6.07, 6.45) is 0. The van der Waals surface area contributed by atoms with Gasteiger partial charge in [-0.05, 0) is 47.1 Å². The Morgan fingerprint density at radius 1 is 1.11 bits per heavy atom. The fourth-order valence-corrected chi connectivity index (χ4v) is 3.38. The predicted octanol–water partition coefficient (Wildman–Crippen LogP) is 4.35. The first-order chi connectivity index (χ1) is 9.29. The van der Waals surface area contributed by atoms with Crippen molar-refractivity contribution in [2.24, 2.45) is 0 Å². The molecule has 1 unspecified atom stereocenters. The van der Waals surface area contributed by atoms with E-state index in [9.17, 15) is 4.39 Å². The number of benzene rings is 2. The minimum absolute atomic E-state index is 0.0121. The molecule has 1 nitrogen and oxygen atoms in total. The van der Waals surface area contributed by atoms with Crippen LogP contribution in [0, 0.1) is 5.82 Å². The van der Waals surface area contributed by atoms with Crippen LogP contribution in [0.5, 0.6) is 0 Å². The summed E-state index contributed by atoms with van der Waals surface area (Å²) in [5, 5.41) is 6.61. The molecule has 0 amide bonds. The Kier molecular flexibility index (Phi) is 3.32. The van der Waals surface area contributed by atoms with E-state index in [1.807, 2.05) is 19.2 Å². The van der Waals surface area contributed by atoms with Gasteiger partial charge in [-0.3, -0.25) is 0 Å². The van der Waals surface area contributed by atoms with Crippen molar-refractivity contribution in [3.8, 4) is 0 Å². The molecule has 96 valence electrons. The third-order valence-electron chi connectivity index (χ3n) is 3.29. The summed E-state index contributed by atoms with van der Waals surface area (Å²) < 4.78 is 14.7. The molecule has 0 fully saturated rings. The monoisotopic (exact) mass is 271 g/mol. The molecule has 0 bridgehead atoms. The molecule has 2 aromatic carbocycles. The summed E-state index contributed by atoms with van der Waals surface area (Å²) in [4.78, 5) is 0. The molecule has 1 aromatic heterocycles. The number of halogens is 1. The van der Waals surface area contributed by atoms with E-state index in [-0.39, 0.29) is 11.9 Å². The second-order valence-corrected chi connectivity index (χ2v) is 5.38. The van der Waals surface area contributed by atoms with Crippen LogP contribution in [0.2, 0.25) is 0 Å². The molecule has 0 radical (unpaired) electrons. The summed E-state index contributed by atoms with van der Waals surface area (Å²) in [7, 11) is 1.90. The van der Waals surface area contributed by atoms with Crippen LogP contribution in [0.3, 0.4) is 0 Å². The Morgan fingerprint density at radius 3 is 2.74 bits per heavy atom. The van der Waals surface area contributed by atoms with Crippen molar-refractivity contribution in [2.75, 3.05) is 7.05 Å². The van der Waals surface area contributed by atoms with Crippen LogP contribution in [0.1, 0.15) is 17.2 Å². The molecule has 3 heteroatoms. The van der Waals surface area contributed by atoms with Crippen molar-refractivity contribution in [3.63, 3.8) is 0 Å². The summed E-state index contributed by atoms with van der Waals surface area (Å²) in [6, 6.07) is 15.2. The molecule has 19 heavy (non-hydrogen) atoms. The Bertz CT molecular complexity index is 705. The van der Waals surface area contributed by atoms with Gasteiger partial charge in [0.05, 0.1) is 6.04 Å². The first-order valence-corrected chi connectivity index (χ1v) is 7.06. The average molecular weight is 271 g/mol. The average Bonchev–Trinajstić information content (AvgIpc) is 2.89. The van der Waals surface area contributed by atoms with Gasteiger partial charge in [-0.1, -0.05) is 30.3 Å². The third kappa shape index (κ3) is 2.27. The second kappa shape index (κ2) is 5.11. The molecular weight excluding hydrogens is 257 g/mol. The van der Waals surface area contributed by atoms with Crippen LogP contribution in [0.15, 0.2) is 53.9 Å². The second-order valence-electron chi connectivity index (χ2n) is 4.46. The lowest BCUT2D eigenvalue weighted by molar-refractivity contribution is 0.617. The standard InChI is InChI=1S/C16H14FNS/c1-18-15(12-5-2-6-13(17)10-12)14-7-3-4-11-8-9-19-16(11)14/h2-10,15,18H,1H3. The summed E-state index contributed by atoms with van der Waals surface area (Å²) in [5.41, 5.74) is 2.14. The van der Waals surface area contributed by atoms with Crippen LogP contribution < -0.4 is 5.32 Å². The molecular formula is C16H14FNS. The van der Waals surface area contributed by atoms with Gasteiger partial charge in [0, 0.05) is 4.70 Å². The normalized spacial score (nSPS) is 12.7. The van der Waals surface area contributed by atoms with Crippen molar-refractivity contribution in [1.29, 1.82) is 0 Å². The molecule has 0 saturated carbocycles. The molecule has 1 heterocycles. The molecule has 3 aromatic rings. The molecule has 0 aliphatic heterocycles. The number of thiophene rings is 1. The lowest BCUT2D eigenvalue weighted by atomic mass is 9.98. The highest BCUT2D eigenvalue weighted by Crippen LogP contribution is 2.32. The van der Waals surface area contributed by atoms with Crippen molar-refractivity contribution < 1.29 is 4.39 Å². The lowest BCUT2D eigenvalue weighted by Gasteiger charge is -2.18. The van der Waals surface area contributed by atoms with Crippen LogP contribution in [-0.2, 0) is 0 Å². The number of hydrogen-bond donors (Lipinski definition) is 1. The lowest BCUT2D eigenvalue weighted by Crippen LogP contribution is -2.17. The number of rotatable bonds is 3.